The number of fused-ring (bicyclic) bond motifs is 1. The Morgan fingerprint density at radius 1 is 1.52 bits per heavy atom. The van der Waals surface area contributed by atoms with Crippen LogP contribution in [0.1, 0.15) is 30.3 Å². The van der Waals surface area contributed by atoms with Crippen LogP contribution in [0.15, 0.2) is 0 Å². The molecule has 0 spiro atoms. The lowest BCUT2D eigenvalue weighted by Crippen LogP contribution is -2.44. The Balaban J connectivity index is 1.59. The summed E-state index contributed by atoms with van der Waals surface area (Å²) >= 11 is 1.46. The molecule has 0 aliphatic carbocycles. The van der Waals surface area contributed by atoms with Crippen molar-refractivity contribution >= 4 is 28.5 Å². The molecule has 7 nitrogen and oxygen atoms in total. The maximum absolute atomic E-state index is 12.4. The van der Waals surface area contributed by atoms with Gasteiger partial charge in [-0.1, -0.05) is 11.3 Å². The van der Waals surface area contributed by atoms with Crippen molar-refractivity contribution in [3.8, 4) is 0 Å². The zero-order valence-electron chi connectivity index (χ0n) is 13.2. The lowest BCUT2D eigenvalue weighted by atomic mass is 9.98. The Hall–Kier alpha value is -1.67. The van der Waals surface area contributed by atoms with E-state index in [9.17, 15) is 9.59 Å². The second-order valence-corrected chi connectivity index (χ2v) is 6.74. The molecule has 3 rings (SSSR count). The fraction of sp³-hybridized carbons (Fsp3) is 0.667. The summed E-state index contributed by atoms with van der Waals surface area (Å²) in [6.07, 6.45) is 2.36. The van der Waals surface area contributed by atoms with Crippen molar-refractivity contribution in [3.05, 3.63) is 10.6 Å². The van der Waals surface area contributed by atoms with E-state index in [1.165, 1.54) is 11.3 Å². The number of carbonyl (C=O) groups is 2. The van der Waals surface area contributed by atoms with Crippen LogP contribution in [0.4, 0.5) is 9.93 Å². The fourth-order valence-electron chi connectivity index (χ4n) is 2.86. The number of urea groups is 1. The van der Waals surface area contributed by atoms with Gasteiger partial charge < -0.3 is 14.4 Å². The van der Waals surface area contributed by atoms with Crippen molar-refractivity contribution in [2.24, 2.45) is 5.92 Å². The average molecular weight is 339 g/mol. The largest absolute Gasteiger partial charge is 0.466 e. The first-order chi connectivity index (χ1) is 11.2. The van der Waals surface area contributed by atoms with Gasteiger partial charge in [0.1, 0.15) is 0 Å². The number of ether oxygens (including phenoxy) is 2. The molecule has 1 aromatic heterocycles. The van der Waals surface area contributed by atoms with Crippen LogP contribution in [0.2, 0.25) is 0 Å². The minimum atomic E-state index is -0.229. The number of carbonyl (C=O) groups excluding carboxylic acids is 2. The van der Waals surface area contributed by atoms with E-state index >= 15 is 0 Å². The summed E-state index contributed by atoms with van der Waals surface area (Å²) in [5, 5.41) is 3.45. The third kappa shape index (κ3) is 3.81. The molecule has 1 atom stereocenters. The molecule has 3 heterocycles. The van der Waals surface area contributed by atoms with Crippen molar-refractivity contribution in [1.82, 2.24) is 9.88 Å². The van der Waals surface area contributed by atoms with Crippen LogP contribution in [0.25, 0.3) is 0 Å². The van der Waals surface area contributed by atoms with Crippen LogP contribution in [0.5, 0.6) is 0 Å². The Labute approximate surface area is 139 Å². The standard InChI is InChI=1S/C15H21N3O4S/c1-2-22-13(19)10-4-3-6-18(8-10)15(20)17-14-16-11-5-7-21-9-12(11)23-14/h10H,2-9H2,1H3,(H,16,17,20)/t10-/m0/s1. The van der Waals surface area contributed by atoms with Gasteiger partial charge in [0.2, 0.25) is 0 Å². The molecule has 0 saturated carbocycles. The highest BCUT2D eigenvalue weighted by Gasteiger charge is 2.30. The highest BCUT2D eigenvalue weighted by Crippen LogP contribution is 2.27. The van der Waals surface area contributed by atoms with Crippen LogP contribution >= 0.6 is 11.3 Å². The first-order valence-electron chi connectivity index (χ1n) is 7.96. The summed E-state index contributed by atoms with van der Waals surface area (Å²) in [5.74, 6) is -0.445. The molecule has 2 amide bonds. The summed E-state index contributed by atoms with van der Waals surface area (Å²) in [6.45, 7) is 4.46. The smallest absolute Gasteiger partial charge is 0.323 e. The average Bonchev–Trinajstić information content (AvgIpc) is 2.97. The third-order valence-corrected chi connectivity index (χ3v) is 5.02. The van der Waals surface area contributed by atoms with Crippen molar-refractivity contribution < 1.29 is 19.1 Å². The number of anilines is 1. The number of nitrogens with one attached hydrogen (secondary N) is 1. The van der Waals surface area contributed by atoms with Gasteiger partial charge in [-0.2, -0.15) is 0 Å². The van der Waals surface area contributed by atoms with E-state index in [4.69, 9.17) is 9.47 Å². The van der Waals surface area contributed by atoms with E-state index in [0.717, 1.165) is 29.8 Å². The summed E-state index contributed by atoms with van der Waals surface area (Å²) < 4.78 is 10.5. The molecule has 126 valence electrons. The maximum Gasteiger partial charge on any atom is 0.323 e. The van der Waals surface area contributed by atoms with Crippen LogP contribution < -0.4 is 5.32 Å². The number of esters is 1. The Bertz CT molecular complexity index is 566. The first-order valence-corrected chi connectivity index (χ1v) is 8.78. The molecule has 1 N–H and O–H groups in total. The van der Waals surface area contributed by atoms with Crippen LogP contribution in [0, 0.1) is 5.92 Å². The molecule has 0 aromatic carbocycles. The molecule has 0 bridgehead atoms. The van der Waals surface area contributed by atoms with Gasteiger partial charge in [0, 0.05) is 19.5 Å². The molecule has 8 heteroatoms. The molecule has 1 saturated heterocycles. The van der Waals surface area contributed by atoms with Gasteiger partial charge in [0.15, 0.2) is 5.13 Å². The maximum atomic E-state index is 12.4. The van der Waals surface area contributed by atoms with E-state index in [2.05, 4.69) is 10.3 Å². The van der Waals surface area contributed by atoms with Gasteiger partial charge >= 0.3 is 12.0 Å². The Morgan fingerprint density at radius 3 is 3.17 bits per heavy atom. The summed E-state index contributed by atoms with van der Waals surface area (Å²) in [4.78, 5) is 31.5. The van der Waals surface area contributed by atoms with Crippen molar-refractivity contribution in [2.45, 2.75) is 32.8 Å². The lowest BCUT2D eigenvalue weighted by molar-refractivity contribution is -0.149. The molecule has 0 radical (unpaired) electrons. The number of hydrogen-bond donors (Lipinski definition) is 1. The zero-order valence-corrected chi connectivity index (χ0v) is 14.0. The molecular formula is C15H21N3O4S. The van der Waals surface area contributed by atoms with Gasteiger partial charge in [0.25, 0.3) is 0 Å². The molecular weight excluding hydrogens is 318 g/mol. The Morgan fingerprint density at radius 2 is 2.39 bits per heavy atom. The number of amides is 2. The molecule has 1 aromatic rings. The first kappa shape index (κ1) is 16.2. The normalized spacial score (nSPS) is 20.7. The molecule has 2 aliphatic heterocycles. The second kappa shape index (κ2) is 7.27. The second-order valence-electron chi connectivity index (χ2n) is 5.66. The van der Waals surface area contributed by atoms with E-state index in [-0.39, 0.29) is 17.9 Å². The minimum Gasteiger partial charge on any atom is -0.466 e. The summed E-state index contributed by atoms with van der Waals surface area (Å²) in [6, 6.07) is -0.203. The Kier molecular flexibility index (Phi) is 5.12. The van der Waals surface area contributed by atoms with Crippen molar-refractivity contribution in [3.63, 3.8) is 0 Å². The number of rotatable bonds is 3. The number of likely N-dealkylation sites (tertiary alicyclic amines) is 1. The van der Waals surface area contributed by atoms with E-state index < -0.39 is 0 Å². The molecule has 1 fully saturated rings. The van der Waals surface area contributed by atoms with Crippen LogP contribution in [-0.4, -0.2) is 48.2 Å². The predicted octanol–water partition coefficient (Wildman–Crippen LogP) is 2.02. The fourth-order valence-corrected chi connectivity index (χ4v) is 3.80. The molecule has 0 unspecified atom stereocenters. The van der Waals surface area contributed by atoms with Gasteiger partial charge in [-0.05, 0) is 19.8 Å². The number of piperidine rings is 1. The van der Waals surface area contributed by atoms with Crippen molar-refractivity contribution in [2.75, 3.05) is 31.6 Å². The highest BCUT2D eigenvalue weighted by atomic mass is 32.1. The summed E-state index contributed by atoms with van der Waals surface area (Å²) in [5.41, 5.74) is 1.01. The van der Waals surface area contributed by atoms with E-state index in [1.54, 1.807) is 11.8 Å². The van der Waals surface area contributed by atoms with E-state index in [0.29, 0.717) is 38.0 Å². The number of nitrogens with zero attached hydrogens (tertiary/aromatic N) is 2. The number of hydrogen-bond acceptors (Lipinski definition) is 6. The highest BCUT2D eigenvalue weighted by molar-refractivity contribution is 7.15. The predicted molar refractivity (Wildman–Crippen MR) is 85.4 cm³/mol. The van der Waals surface area contributed by atoms with Crippen molar-refractivity contribution in [1.29, 1.82) is 0 Å². The zero-order chi connectivity index (χ0) is 16.2. The molecule has 23 heavy (non-hydrogen) atoms. The van der Waals surface area contributed by atoms with Gasteiger partial charge in [-0.25, -0.2) is 9.78 Å². The van der Waals surface area contributed by atoms with Crippen LogP contribution in [0.3, 0.4) is 0 Å². The topological polar surface area (TPSA) is 80.8 Å². The number of aromatic nitrogens is 1. The van der Waals surface area contributed by atoms with E-state index in [1.807, 2.05) is 0 Å². The number of thiazole rings is 1. The van der Waals surface area contributed by atoms with Gasteiger partial charge in [-0.15, -0.1) is 0 Å². The monoisotopic (exact) mass is 339 g/mol. The van der Waals surface area contributed by atoms with Gasteiger partial charge in [-0.3, -0.25) is 10.1 Å². The quantitative estimate of drug-likeness (QED) is 0.852. The minimum absolute atomic E-state index is 0.203. The SMILES string of the molecule is CCOC(=O)[C@H]1CCCN(C(=O)Nc2nc3c(s2)COCC3)C1. The molecule has 2 aliphatic rings. The third-order valence-electron chi connectivity index (χ3n) is 4.04. The lowest BCUT2D eigenvalue weighted by Gasteiger charge is -2.31. The van der Waals surface area contributed by atoms with Gasteiger partial charge in [0.05, 0.1) is 36.3 Å². The van der Waals surface area contributed by atoms with Crippen LogP contribution in [-0.2, 0) is 27.3 Å². The summed E-state index contributed by atoms with van der Waals surface area (Å²) in [7, 11) is 0.